The molecule has 2 aromatic rings. The first-order valence-electron chi connectivity index (χ1n) is 11.3. The van der Waals surface area contributed by atoms with E-state index in [1.54, 1.807) is 18.2 Å². The van der Waals surface area contributed by atoms with Gasteiger partial charge in [-0.25, -0.2) is 4.68 Å². The Balaban J connectivity index is 1.26. The number of hydrogen-bond acceptors (Lipinski definition) is 3. The maximum Gasteiger partial charge on any atom is 0.280 e. The van der Waals surface area contributed by atoms with E-state index in [9.17, 15) is 4.79 Å². The average Bonchev–Trinajstić information content (AvgIpc) is 3.41. The lowest BCUT2D eigenvalue weighted by Gasteiger charge is -2.29. The molecule has 2 fully saturated rings. The summed E-state index contributed by atoms with van der Waals surface area (Å²) in [7, 11) is 1.74. The van der Waals surface area contributed by atoms with Crippen LogP contribution in [0.5, 0.6) is 5.75 Å². The minimum Gasteiger partial charge on any atom is -0.496 e. The standard InChI is InChI=1S/C23H33N5O2/c1-18-7-8-21(30-2)19(15-18)16-26-11-13-27(14-12-26)17-23(29)25-22-9-10-24-28(22)20-5-3-4-6-20/h7-10,15,20H,3-6,11-14,16-17H2,1-2H3,(H,25,29)/p+2. The lowest BCUT2D eigenvalue weighted by atomic mass is 10.1. The van der Waals surface area contributed by atoms with Gasteiger partial charge >= 0.3 is 0 Å². The predicted molar refractivity (Wildman–Crippen MR) is 116 cm³/mol. The Hall–Kier alpha value is -2.38. The molecule has 2 heterocycles. The van der Waals surface area contributed by atoms with Gasteiger partial charge in [-0.05, 0) is 31.9 Å². The number of quaternary nitrogens is 2. The number of carbonyl (C=O) groups is 1. The van der Waals surface area contributed by atoms with Gasteiger partial charge < -0.3 is 19.9 Å². The number of ether oxygens (including phenoxy) is 1. The van der Waals surface area contributed by atoms with Crippen LogP contribution in [0, 0.1) is 6.92 Å². The van der Waals surface area contributed by atoms with Crippen molar-refractivity contribution in [3.05, 3.63) is 41.6 Å². The van der Waals surface area contributed by atoms with E-state index in [2.05, 4.69) is 35.5 Å². The van der Waals surface area contributed by atoms with Crippen LogP contribution in [0.3, 0.4) is 0 Å². The van der Waals surface area contributed by atoms with Crippen LogP contribution < -0.4 is 19.9 Å². The zero-order valence-corrected chi connectivity index (χ0v) is 18.2. The van der Waals surface area contributed by atoms with Gasteiger partial charge in [0.2, 0.25) is 0 Å². The smallest absolute Gasteiger partial charge is 0.280 e. The molecule has 1 aliphatic heterocycles. The van der Waals surface area contributed by atoms with Crippen molar-refractivity contribution in [2.24, 2.45) is 0 Å². The Morgan fingerprint density at radius 1 is 1.17 bits per heavy atom. The highest BCUT2D eigenvalue weighted by Gasteiger charge is 2.26. The fourth-order valence-corrected chi connectivity index (χ4v) is 4.89. The largest absolute Gasteiger partial charge is 0.496 e. The molecule has 3 N–H and O–H groups in total. The molecule has 0 bridgehead atoms. The van der Waals surface area contributed by atoms with Crippen molar-refractivity contribution in [1.82, 2.24) is 9.78 Å². The minimum atomic E-state index is 0.0913. The third-order valence-corrected chi connectivity index (χ3v) is 6.56. The van der Waals surface area contributed by atoms with Crippen LogP contribution in [0.25, 0.3) is 0 Å². The van der Waals surface area contributed by atoms with Crippen LogP contribution in [-0.2, 0) is 11.3 Å². The van der Waals surface area contributed by atoms with Crippen LogP contribution in [0.1, 0.15) is 42.9 Å². The van der Waals surface area contributed by atoms with Gasteiger partial charge in [-0.2, -0.15) is 5.10 Å². The molecule has 0 spiro atoms. The van der Waals surface area contributed by atoms with Crippen molar-refractivity contribution < 1.29 is 19.3 Å². The molecule has 1 aromatic heterocycles. The normalized spacial score (nSPS) is 22.2. The molecule has 0 radical (unpaired) electrons. The molecule has 2 aliphatic rings. The highest BCUT2D eigenvalue weighted by atomic mass is 16.5. The molecular formula is C23H35N5O2+2. The Kier molecular flexibility index (Phi) is 6.69. The minimum absolute atomic E-state index is 0.0913. The molecule has 7 nitrogen and oxygen atoms in total. The summed E-state index contributed by atoms with van der Waals surface area (Å²) in [5.41, 5.74) is 2.54. The molecule has 30 heavy (non-hydrogen) atoms. The van der Waals surface area contributed by atoms with Gasteiger partial charge in [0.1, 0.15) is 44.3 Å². The first-order valence-corrected chi connectivity index (χ1v) is 11.3. The highest BCUT2D eigenvalue weighted by molar-refractivity contribution is 5.90. The van der Waals surface area contributed by atoms with Crippen molar-refractivity contribution >= 4 is 11.7 Å². The third kappa shape index (κ3) is 5.02. The molecule has 162 valence electrons. The lowest BCUT2D eigenvalue weighted by molar-refractivity contribution is -1.02. The Morgan fingerprint density at radius 2 is 1.90 bits per heavy atom. The summed E-state index contributed by atoms with van der Waals surface area (Å²) in [6, 6.07) is 8.74. The van der Waals surface area contributed by atoms with Crippen LogP contribution in [0.2, 0.25) is 0 Å². The Labute approximate surface area is 179 Å². The van der Waals surface area contributed by atoms with Gasteiger partial charge in [-0.15, -0.1) is 0 Å². The van der Waals surface area contributed by atoms with Gasteiger partial charge in [-0.1, -0.05) is 24.5 Å². The molecule has 1 aliphatic carbocycles. The number of methoxy groups -OCH3 is 1. The number of piperazine rings is 1. The van der Waals surface area contributed by atoms with Gasteiger partial charge in [0.05, 0.1) is 19.3 Å². The maximum absolute atomic E-state index is 12.6. The SMILES string of the molecule is COc1ccc(C)cc1C[NH+]1CC[NH+](CC(=O)Nc2ccnn2C2CCCC2)CC1. The van der Waals surface area contributed by atoms with Crippen LogP contribution >= 0.6 is 0 Å². The first kappa shape index (κ1) is 20.9. The second-order valence-corrected chi connectivity index (χ2v) is 8.82. The van der Waals surface area contributed by atoms with Crippen molar-refractivity contribution in [1.29, 1.82) is 0 Å². The van der Waals surface area contributed by atoms with E-state index in [1.807, 2.05) is 10.7 Å². The lowest BCUT2D eigenvalue weighted by Crippen LogP contribution is -3.28. The van der Waals surface area contributed by atoms with Crippen LogP contribution in [-0.4, -0.2) is 55.5 Å². The molecule has 0 atom stereocenters. The zero-order chi connectivity index (χ0) is 20.9. The van der Waals surface area contributed by atoms with Gasteiger partial charge in [0, 0.05) is 11.6 Å². The molecular weight excluding hydrogens is 378 g/mol. The number of carbonyl (C=O) groups excluding carboxylic acids is 1. The van der Waals surface area contributed by atoms with Crippen molar-refractivity contribution in [2.45, 2.75) is 45.2 Å². The van der Waals surface area contributed by atoms with Gasteiger partial charge in [0.25, 0.3) is 5.91 Å². The number of nitrogens with one attached hydrogen (secondary N) is 3. The van der Waals surface area contributed by atoms with E-state index in [-0.39, 0.29) is 5.91 Å². The van der Waals surface area contributed by atoms with Crippen molar-refractivity contribution in [3.8, 4) is 5.75 Å². The molecule has 1 amide bonds. The summed E-state index contributed by atoms with van der Waals surface area (Å²) >= 11 is 0. The second kappa shape index (κ2) is 9.62. The van der Waals surface area contributed by atoms with E-state index in [4.69, 9.17) is 4.74 Å². The zero-order valence-electron chi connectivity index (χ0n) is 18.2. The van der Waals surface area contributed by atoms with E-state index in [0.29, 0.717) is 12.6 Å². The number of anilines is 1. The summed E-state index contributed by atoms with van der Waals surface area (Å²) in [6.45, 7) is 7.79. The summed E-state index contributed by atoms with van der Waals surface area (Å²) in [6.07, 6.45) is 6.62. The van der Waals surface area contributed by atoms with E-state index in [1.165, 1.54) is 28.9 Å². The summed E-state index contributed by atoms with van der Waals surface area (Å²) in [4.78, 5) is 15.6. The number of benzene rings is 1. The summed E-state index contributed by atoms with van der Waals surface area (Å²) < 4.78 is 7.54. The van der Waals surface area contributed by atoms with Crippen LogP contribution in [0.4, 0.5) is 5.82 Å². The van der Waals surface area contributed by atoms with E-state index in [0.717, 1.165) is 57.1 Å². The summed E-state index contributed by atoms with van der Waals surface area (Å²) in [5, 5.41) is 7.55. The Morgan fingerprint density at radius 3 is 2.63 bits per heavy atom. The fourth-order valence-electron chi connectivity index (χ4n) is 4.89. The summed E-state index contributed by atoms with van der Waals surface area (Å²) in [5.74, 6) is 1.91. The van der Waals surface area contributed by atoms with Crippen LogP contribution in [0.15, 0.2) is 30.5 Å². The fraction of sp³-hybridized carbons (Fsp3) is 0.565. The number of rotatable bonds is 7. The molecule has 1 aromatic carbocycles. The second-order valence-electron chi connectivity index (χ2n) is 8.82. The molecule has 0 unspecified atom stereocenters. The third-order valence-electron chi connectivity index (χ3n) is 6.56. The number of aryl methyl sites for hydroxylation is 1. The number of amides is 1. The monoisotopic (exact) mass is 413 g/mol. The predicted octanol–water partition coefficient (Wildman–Crippen LogP) is 0.237. The average molecular weight is 414 g/mol. The number of nitrogens with zero attached hydrogens (tertiary/aromatic N) is 2. The topological polar surface area (TPSA) is 65.0 Å². The first-order chi connectivity index (χ1) is 14.6. The number of aromatic nitrogens is 2. The van der Waals surface area contributed by atoms with E-state index < -0.39 is 0 Å². The van der Waals surface area contributed by atoms with Gasteiger partial charge in [0.15, 0.2) is 6.54 Å². The highest BCUT2D eigenvalue weighted by Crippen LogP contribution is 2.31. The maximum atomic E-state index is 12.6. The molecule has 1 saturated heterocycles. The number of hydrogen-bond donors (Lipinski definition) is 3. The van der Waals surface area contributed by atoms with Crippen molar-refractivity contribution in [3.63, 3.8) is 0 Å². The quantitative estimate of drug-likeness (QED) is 0.609. The Bertz CT molecular complexity index is 851. The molecule has 4 rings (SSSR count). The van der Waals surface area contributed by atoms with Gasteiger partial charge in [-0.3, -0.25) is 4.79 Å². The molecule has 1 saturated carbocycles. The van der Waals surface area contributed by atoms with Crippen molar-refractivity contribution in [2.75, 3.05) is 45.2 Å². The molecule has 7 heteroatoms. The van der Waals surface area contributed by atoms with E-state index >= 15 is 0 Å².